The third kappa shape index (κ3) is 5.42. The third-order valence-electron chi connectivity index (χ3n) is 2.09. The monoisotopic (exact) mass is 185 g/mol. The van der Waals surface area contributed by atoms with Crippen molar-refractivity contribution in [1.29, 1.82) is 0 Å². The number of carboxylic acids is 1. The van der Waals surface area contributed by atoms with Gasteiger partial charge in [-0.2, -0.15) is 0 Å². The van der Waals surface area contributed by atoms with Gasteiger partial charge in [-0.1, -0.05) is 18.6 Å². The highest BCUT2D eigenvalue weighted by molar-refractivity contribution is 5.70. The molecule has 0 spiro atoms. The minimum Gasteiger partial charge on any atom is -0.481 e. The van der Waals surface area contributed by atoms with E-state index in [0.717, 1.165) is 6.54 Å². The lowest BCUT2D eigenvalue weighted by Gasteiger charge is -2.16. The number of hydrogen-bond donors (Lipinski definition) is 2. The van der Waals surface area contributed by atoms with E-state index < -0.39 is 5.97 Å². The molecule has 0 saturated carbocycles. The first-order chi connectivity index (χ1) is 5.95. The first-order valence-electron chi connectivity index (χ1n) is 4.54. The molecular weight excluding hydrogens is 166 g/mol. The van der Waals surface area contributed by atoms with Gasteiger partial charge in [0.25, 0.3) is 0 Å². The average molecular weight is 185 g/mol. The Hall–Kier alpha value is -0.830. The van der Waals surface area contributed by atoms with Crippen LogP contribution >= 0.6 is 0 Å². The maximum atomic E-state index is 10.6. The van der Waals surface area contributed by atoms with Gasteiger partial charge in [-0.15, -0.1) is 0 Å². The van der Waals surface area contributed by atoms with Crippen LogP contribution in [0.2, 0.25) is 0 Å². The van der Waals surface area contributed by atoms with Crippen LogP contribution in [0.4, 0.5) is 0 Å². The molecular formula is C10H19NO2. The average Bonchev–Trinajstić information content (AvgIpc) is 2.02. The van der Waals surface area contributed by atoms with E-state index in [0.29, 0.717) is 0 Å². The van der Waals surface area contributed by atoms with E-state index >= 15 is 0 Å². The van der Waals surface area contributed by atoms with Gasteiger partial charge in [0.2, 0.25) is 0 Å². The lowest BCUT2D eigenvalue weighted by atomic mass is 10.0. The number of rotatable bonds is 5. The third-order valence-corrected chi connectivity index (χ3v) is 2.09. The van der Waals surface area contributed by atoms with Crippen LogP contribution in [0.1, 0.15) is 27.7 Å². The smallest absolute Gasteiger partial charge is 0.307 e. The minimum atomic E-state index is -0.753. The SMILES string of the molecule is CC(C)=CCNC(C)C(C)C(=O)O. The van der Waals surface area contributed by atoms with Crippen LogP contribution in [0.3, 0.4) is 0 Å². The molecule has 76 valence electrons. The van der Waals surface area contributed by atoms with Gasteiger partial charge in [0.15, 0.2) is 0 Å². The van der Waals surface area contributed by atoms with E-state index in [1.165, 1.54) is 5.57 Å². The summed E-state index contributed by atoms with van der Waals surface area (Å²) in [5.41, 5.74) is 1.24. The van der Waals surface area contributed by atoms with E-state index in [2.05, 4.69) is 5.32 Å². The summed E-state index contributed by atoms with van der Waals surface area (Å²) in [6.07, 6.45) is 2.05. The molecule has 0 bridgehead atoms. The van der Waals surface area contributed by atoms with Crippen LogP contribution in [0, 0.1) is 5.92 Å². The standard InChI is InChI=1S/C10H19NO2/c1-7(2)5-6-11-9(4)8(3)10(12)13/h5,8-9,11H,6H2,1-4H3,(H,12,13). The van der Waals surface area contributed by atoms with Crippen molar-refractivity contribution in [1.82, 2.24) is 5.32 Å². The Morgan fingerprint density at radius 1 is 1.46 bits per heavy atom. The fraction of sp³-hybridized carbons (Fsp3) is 0.700. The van der Waals surface area contributed by atoms with Gasteiger partial charge in [0.05, 0.1) is 5.92 Å². The lowest BCUT2D eigenvalue weighted by Crippen LogP contribution is -2.36. The number of allylic oxidation sites excluding steroid dienone is 1. The minimum absolute atomic E-state index is 0.00750. The molecule has 0 rings (SSSR count). The predicted octanol–water partition coefficient (Wildman–Crippen LogP) is 1.65. The molecule has 0 heterocycles. The molecule has 0 aromatic heterocycles. The Bertz CT molecular complexity index is 195. The number of carboxylic acid groups (broad SMARTS) is 1. The highest BCUT2D eigenvalue weighted by atomic mass is 16.4. The molecule has 2 unspecified atom stereocenters. The number of carbonyl (C=O) groups is 1. The van der Waals surface area contributed by atoms with Gasteiger partial charge in [-0.05, 0) is 20.8 Å². The summed E-state index contributed by atoms with van der Waals surface area (Å²) in [5, 5.41) is 11.8. The summed E-state index contributed by atoms with van der Waals surface area (Å²) in [7, 11) is 0. The second kappa shape index (κ2) is 5.75. The van der Waals surface area contributed by atoms with Crippen molar-refractivity contribution in [2.24, 2.45) is 5.92 Å². The zero-order valence-electron chi connectivity index (χ0n) is 8.79. The lowest BCUT2D eigenvalue weighted by molar-refractivity contribution is -0.141. The first-order valence-corrected chi connectivity index (χ1v) is 4.54. The summed E-state index contributed by atoms with van der Waals surface area (Å²) in [6.45, 7) is 8.38. The molecule has 0 aliphatic heterocycles. The molecule has 0 aliphatic carbocycles. The molecule has 0 aromatic rings. The van der Waals surface area contributed by atoms with Crippen LogP contribution in [-0.2, 0) is 4.79 Å². The van der Waals surface area contributed by atoms with Crippen LogP contribution in [0.5, 0.6) is 0 Å². The van der Waals surface area contributed by atoms with E-state index in [-0.39, 0.29) is 12.0 Å². The Morgan fingerprint density at radius 3 is 2.38 bits per heavy atom. The van der Waals surface area contributed by atoms with Gasteiger partial charge in [-0.25, -0.2) is 0 Å². The van der Waals surface area contributed by atoms with Crippen molar-refractivity contribution in [2.75, 3.05) is 6.54 Å². The Morgan fingerprint density at radius 2 is 2.00 bits per heavy atom. The maximum Gasteiger partial charge on any atom is 0.307 e. The highest BCUT2D eigenvalue weighted by Crippen LogP contribution is 2.01. The van der Waals surface area contributed by atoms with E-state index in [1.54, 1.807) is 6.92 Å². The van der Waals surface area contributed by atoms with Crippen molar-refractivity contribution in [3.63, 3.8) is 0 Å². The Balaban J connectivity index is 3.81. The van der Waals surface area contributed by atoms with Gasteiger partial charge in [0.1, 0.15) is 0 Å². The van der Waals surface area contributed by atoms with Crippen LogP contribution in [-0.4, -0.2) is 23.7 Å². The molecule has 0 fully saturated rings. The normalized spacial score (nSPS) is 14.8. The molecule has 0 amide bonds. The molecule has 3 nitrogen and oxygen atoms in total. The molecule has 0 aromatic carbocycles. The van der Waals surface area contributed by atoms with Crippen LogP contribution in [0.25, 0.3) is 0 Å². The van der Waals surface area contributed by atoms with E-state index in [9.17, 15) is 4.79 Å². The maximum absolute atomic E-state index is 10.6. The summed E-state index contributed by atoms with van der Waals surface area (Å²) in [6, 6.07) is 0.00750. The topological polar surface area (TPSA) is 49.3 Å². The zero-order chi connectivity index (χ0) is 10.4. The Kier molecular flexibility index (Phi) is 5.39. The van der Waals surface area contributed by atoms with Gasteiger partial charge >= 0.3 is 5.97 Å². The summed E-state index contributed by atoms with van der Waals surface area (Å²) in [4.78, 5) is 10.6. The quantitative estimate of drug-likeness (QED) is 0.640. The molecule has 2 N–H and O–H groups in total. The zero-order valence-corrected chi connectivity index (χ0v) is 8.79. The molecule has 13 heavy (non-hydrogen) atoms. The van der Waals surface area contributed by atoms with Crippen molar-refractivity contribution in [2.45, 2.75) is 33.7 Å². The number of aliphatic carboxylic acids is 1. The van der Waals surface area contributed by atoms with Gasteiger partial charge < -0.3 is 10.4 Å². The van der Waals surface area contributed by atoms with Crippen molar-refractivity contribution < 1.29 is 9.90 Å². The highest BCUT2D eigenvalue weighted by Gasteiger charge is 2.17. The van der Waals surface area contributed by atoms with Crippen LogP contribution in [0.15, 0.2) is 11.6 Å². The van der Waals surface area contributed by atoms with Crippen molar-refractivity contribution in [3.05, 3.63) is 11.6 Å². The molecule has 0 saturated heterocycles. The molecule has 0 aliphatic rings. The summed E-state index contributed by atoms with van der Waals surface area (Å²) in [5.74, 6) is -1.09. The van der Waals surface area contributed by atoms with E-state index in [4.69, 9.17) is 5.11 Å². The molecule has 3 heteroatoms. The largest absolute Gasteiger partial charge is 0.481 e. The molecule has 2 atom stereocenters. The van der Waals surface area contributed by atoms with E-state index in [1.807, 2.05) is 26.8 Å². The number of nitrogens with one attached hydrogen (secondary N) is 1. The predicted molar refractivity (Wildman–Crippen MR) is 53.7 cm³/mol. The second-order valence-electron chi connectivity index (χ2n) is 3.61. The summed E-state index contributed by atoms with van der Waals surface area (Å²) >= 11 is 0. The second-order valence-corrected chi connectivity index (χ2v) is 3.61. The fourth-order valence-corrected chi connectivity index (χ4v) is 0.840. The van der Waals surface area contributed by atoms with Crippen molar-refractivity contribution >= 4 is 5.97 Å². The van der Waals surface area contributed by atoms with Crippen molar-refractivity contribution in [3.8, 4) is 0 Å². The fourth-order valence-electron chi connectivity index (χ4n) is 0.840. The summed E-state index contributed by atoms with van der Waals surface area (Å²) < 4.78 is 0. The van der Waals surface area contributed by atoms with Gasteiger partial charge in [-0.3, -0.25) is 4.79 Å². The number of hydrogen-bond acceptors (Lipinski definition) is 2. The Labute approximate surface area is 79.8 Å². The molecule has 0 radical (unpaired) electrons. The van der Waals surface area contributed by atoms with Gasteiger partial charge in [0, 0.05) is 12.6 Å². The first kappa shape index (κ1) is 12.2. The van der Waals surface area contributed by atoms with Crippen LogP contribution < -0.4 is 5.32 Å².